The first-order chi connectivity index (χ1) is 8.83. The van der Waals surface area contributed by atoms with Crippen molar-refractivity contribution in [3.05, 3.63) is 29.5 Å². The monoisotopic (exact) mass is 335 g/mol. The Morgan fingerprint density at radius 2 is 2.35 bits per heavy atom. The minimum Gasteiger partial charge on any atom is -0.444 e. The normalized spacial score (nSPS) is 17.8. The van der Waals surface area contributed by atoms with Gasteiger partial charge in [-0.2, -0.15) is 0 Å². The van der Waals surface area contributed by atoms with Crippen LogP contribution in [0.25, 0.3) is 10.8 Å². The molecule has 1 atom stereocenters. The van der Waals surface area contributed by atoms with Gasteiger partial charge in [0.25, 0.3) is 0 Å². The molecule has 1 fully saturated rings. The standard InChI is InChI=1S/C13H17N3OS.2ClH/c1-16(11-4-5-14-7-11)8-10-9-17-13(15-10)12-3-2-6-18-12;;/h2-3,6,9,11,14H,4-5,7-8H2,1H3;2*1H. The van der Waals surface area contributed by atoms with Crippen LogP contribution in [-0.4, -0.2) is 36.1 Å². The van der Waals surface area contributed by atoms with E-state index in [1.165, 1.54) is 6.42 Å². The predicted molar refractivity (Wildman–Crippen MR) is 87.1 cm³/mol. The molecule has 4 nitrogen and oxygen atoms in total. The zero-order valence-corrected chi connectivity index (χ0v) is 13.7. The molecule has 1 saturated heterocycles. The molecule has 3 rings (SSSR count). The van der Waals surface area contributed by atoms with Crippen LogP contribution in [0, 0.1) is 0 Å². The zero-order valence-electron chi connectivity index (χ0n) is 11.2. The molecule has 1 aliphatic rings. The van der Waals surface area contributed by atoms with Crippen molar-refractivity contribution in [3.63, 3.8) is 0 Å². The molecule has 0 radical (unpaired) electrons. The van der Waals surface area contributed by atoms with Crippen molar-refractivity contribution in [2.45, 2.75) is 19.0 Å². The average Bonchev–Trinajstić information content (AvgIpc) is 3.12. The molecule has 1 aliphatic heterocycles. The molecule has 1 N–H and O–H groups in total. The van der Waals surface area contributed by atoms with Crippen LogP contribution < -0.4 is 5.32 Å². The molecule has 20 heavy (non-hydrogen) atoms. The van der Waals surface area contributed by atoms with Crippen LogP contribution in [0.15, 0.2) is 28.2 Å². The molecule has 2 aromatic heterocycles. The smallest absolute Gasteiger partial charge is 0.236 e. The average molecular weight is 336 g/mol. The van der Waals surface area contributed by atoms with E-state index in [2.05, 4.69) is 22.2 Å². The van der Waals surface area contributed by atoms with E-state index in [0.717, 1.165) is 36.1 Å². The number of hydrogen-bond acceptors (Lipinski definition) is 5. The number of likely N-dealkylation sites (N-methyl/N-ethyl adjacent to an activating group) is 1. The molecule has 0 aliphatic carbocycles. The fourth-order valence-corrected chi connectivity index (χ4v) is 2.95. The summed E-state index contributed by atoms with van der Waals surface area (Å²) in [7, 11) is 2.15. The first-order valence-electron chi connectivity index (χ1n) is 6.22. The Labute approximate surface area is 135 Å². The molecule has 0 amide bonds. The lowest BCUT2D eigenvalue weighted by Crippen LogP contribution is -2.32. The van der Waals surface area contributed by atoms with Crippen molar-refractivity contribution in [1.82, 2.24) is 15.2 Å². The topological polar surface area (TPSA) is 41.3 Å². The Bertz CT molecular complexity index is 497. The third kappa shape index (κ3) is 3.96. The molecule has 0 saturated carbocycles. The summed E-state index contributed by atoms with van der Waals surface area (Å²) >= 11 is 1.65. The van der Waals surface area contributed by atoms with Gasteiger partial charge in [0.2, 0.25) is 5.89 Å². The largest absolute Gasteiger partial charge is 0.444 e. The molecule has 3 heterocycles. The van der Waals surface area contributed by atoms with E-state index in [-0.39, 0.29) is 24.8 Å². The second-order valence-electron chi connectivity index (χ2n) is 4.68. The Morgan fingerprint density at radius 1 is 1.50 bits per heavy atom. The van der Waals surface area contributed by atoms with Crippen molar-refractivity contribution in [3.8, 4) is 10.8 Å². The molecule has 0 spiro atoms. The third-order valence-corrected chi connectivity index (χ3v) is 4.21. The van der Waals surface area contributed by atoms with E-state index < -0.39 is 0 Å². The fourth-order valence-electron chi connectivity index (χ4n) is 2.29. The summed E-state index contributed by atoms with van der Waals surface area (Å²) < 4.78 is 5.53. The van der Waals surface area contributed by atoms with E-state index in [9.17, 15) is 0 Å². The molecule has 7 heteroatoms. The summed E-state index contributed by atoms with van der Waals surface area (Å²) in [4.78, 5) is 7.98. The summed E-state index contributed by atoms with van der Waals surface area (Å²) in [6.07, 6.45) is 2.99. The van der Waals surface area contributed by atoms with E-state index >= 15 is 0 Å². The summed E-state index contributed by atoms with van der Waals surface area (Å²) in [5.41, 5.74) is 1.01. The van der Waals surface area contributed by atoms with Crippen molar-refractivity contribution in [2.24, 2.45) is 0 Å². The zero-order chi connectivity index (χ0) is 12.4. The van der Waals surface area contributed by atoms with Gasteiger partial charge in [-0.25, -0.2) is 4.98 Å². The van der Waals surface area contributed by atoms with Crippen molar-refractivity contribution in [1.29, 1.82) is 0 Å². The highest BCUT2D eigenvalue weighted by molar-refractivity contribution is 7.13. The number of thiophene rings is 1. The first-order valence-corrected chi connectivity index (χ1v) is 7.10. The third-order valence-electron chi connectivity index (χ3n) is 3.35. The lowest BCUT2D eigenvalue weighted by Gasteiger charge is -2.21. The van der Waals surface area contributed by atoms with Crippen molar-refractivity contribution in [2.75, 3.05) is 20.1 Å². The van der Waals surface area contributed by atoms with E-state index in [4.69, 9.17) is 4.42 Å². The second kappa shape index (κ2) is 8.00. The molecule has 0 aromatic carbocycles. The van der Waals surface area contributed by atoms with Gasteiger partial charge in [0.1, 0.15) is 6.26 Å². The van der Waals surface area contributed by atoms with Crippen LogP contribution in [0.2, 0.25) is 0 Å². The van der Waals surface area contributed by atoms with Gasteiger partial charge >= 0.3 is 0 Å². The minimum atomic E-state index is 0. The second-order valence-corrected chi connectivity index (χ2v) is 5.63. The predicted octanol–water partition coefficient (Wildman–Crippen LogP) is 3.04. The van der Waals surface area contributed by atoms with E-state index in [1.54, 1.807) is 17.6 Å². The first kappa shape index (κ1) is 17.5. The molecular weight excluding hydrogens is 317 g/mol. The van der Waals surface area contributed by atoms with Gasteiger partial charge < -0.3 is 9.73 Å². The number of nitrogens with one attached hydrogen (secondary N) is 1. The number of aromatic nitrogens is 1. The van der Waals surface area contributed by atoms with Gasteiger partial charge in [-0.1, -0.05) is 6.07 Å². The van der Waals surface area contributed by atoms with Crippen LogP contribution in [0.1, 0.15) is 12.1 Å². The number of nitrogens with zero attached hydrogens (tertiary/aromatic N) is 2. The van der Waals surface area contributed by atoms with Gasteiger partial charge in [-0.15, -0.1) is 36.2 Å². The van der Waals surface area contributed by atoms with Gasteiger partial charge in [0.05, 0.1) is 10.6 Å². The number of halogens is 2. The number of hydrogen-bond donors (Lipinski definition) is 1. The van der Waals surface area contributed by atoms with Gasteiger partial charge in [0.15, 0.2) is 0 Å². The summed E-state index contributed by atoms with van der Waals surface area (Å²) in [5, 5.41) is 5.42. The van der Waals surface area contributed by atoms with Gasteiger partial charge in [-0.05, 0) is 31.5 Å². The molecule has 1 unspecified atom stereocenters. The SMILES string of the molecule is CN(Cc1coc(-c2cccs2)n1)C1CCNC1.Cl.Cl. The Hall–Kier alpha value is -0.590. The highest BCUT2D eigenvalue weighted by Gasteiger charge is 2.20. The molecule has 2 aromatic rings. The molecule has 0 bridgehead atoms. The maximum atomic E-state index is 5.53. The Balaban J connectivity index is 0.000001000. The van der Waals surface area contributed by atoms with Crippen LogP contribution in [-0.2, 0) is 6.54 Å². The Kier molecular flexibility index (Phi) is 6.99. The summed E-state index contributed by atoms with van der Waals surface area (Å²) in [6, 6.07) is 4.66. The fraction of sp³-hybridized carbons (Fsp3) is 0.462. The lowest BCUT2D eigenvalue weighted by atomic mass is 10.2. The van der Waals surface area contributed by atoms with Crippen LogP contribution in [0.5, 0.6) is 0 Å². The quantitative estimate of drug-likeness (QED) is 0.932. The van der Waals surface area contributed by atoms with Gasteiger partial charge in [-0.3, -0.25) is 4.90 Å². The van der Waals surface area contributed by atoms with Crippen LogP contribution in [0.4, 0.5) is 0 Å². The summed E-state index contributed by atoms with van der Waals surface area (Å²) in [5.74, 6) is 0.734. The molecule has 112 valence electrons. The number of oxazole rings is 1. The minimum absolute atomic E-state index is 0. The molecular formula is C13H19Cl2N3OS. The van der Waals surface area contributed by atoms with Crippen molar-refractivity contribution < 1.29 is 4.42 Å². The maximum Gasteiger partial charge on any atom is 0.236 e. The van der Waals surface area contributed by atoms with E-state index in [1.807, 2.05) is 17.5 Å². The van der Waals surface area contributed by atoms with E-state index in [0.29, 0.717) is 6.04 Å². The van der Waals surface area contributed by atoms with Gasteiger partial charge in [0, 0.05) is 19.1 Å². The van der Waals surface area contributed by atoms with Crippen molar-refractivity contribution >= 4 is 36.2 Å². The lowest BCUT2D eigenvalue weighted by molar-refractivity contribution is 0.246. The maximum absolute atomic E-state index is 5.53. The number of rotatable bonds is 4. The highest BCUT2D eigenvalue weighted by Crippen LogP contribution is 2.24. The van der Waals surface area contributed by atoms with Crippen LogP contribution >= 0.6 is 36.2 Å². The Morgan fingerprint density at radius 3 is 3.00 bits per heavy atom. The summed E-state index contributed by atoms with van der Waals surface area (Å²) in [6.45, 7) is 3.04. The van der Waals surface area contributed by atoms with Crippen LogP contribution in [0.3, 0.4) is 0 Å². The highest BCUT2D eigenvalue weighted by atomic mass is 35.5.